The molecule has 0 unspecified atom stereocenters. The van der Waals surface area contributed by atoms with Crippen LogP contribution in [0.2, 0.25) is 0 Å². The van der Waals surface area contributed by atoms with Gasteiger partial charge in [0.1, 0.15) is 5.75 Å². The second kappa shape index (κ2) is 5.44. The molecule has 22 heavy (non-hydrogen) atoms. The highest BCUT2D eigenvalue weighted by Crippen LogP contribution is 2.37. The molecule has 0 saturated carbocycles. The van der Waals surface area contributed by atoms with Gasteiger partial charge >= 0.3 is 15.6 Å². The van der Waals surface area contributed by atoms with E-state index in [-0.39, 0.29) is 11.2 Å². The molecule has 7 heteroatoms. The molecule has 3 nitrogen and oxygen atoms in total. The van der Waals surface area contributed by atoms with Crippen molar-refractivity contribution in [1.29, 1.82) is 0 Å². The second-order valence-electron chi connectivity index (χ2n) is 7.19. The lowest BCUT2D eigenvalue weighted by molar-refractivity contribution is -0.0500. The van der Waals surface area contributed by atoms with Crippen molar-refractivity contribution in [2.75, 3.05) is 0 Å². The van der Waals surface area contributed by atoms with Gasteiger partial charge in [-0.3, -0.25) is 0 Å². The first kappa shape index (κ1) is 18.8. The zero-order chi connectivity index (χ0) is 17.6. The maximum absolute atomic E-state index is 12.6. The van der Waals surface area contributed by atoms with Gasteiger partial charge in [-0.1, -0.05) is 53.7 Å². The molecule has 0 aliphatic carbocycles. The van der Waals surface area contributed by atoms with Crippen LogP contribution >= 0.6 is 0 Å². The topological polar surface area (TPSA) is 43.4 Å². The predicted molar refractivity (Wildman–Crippen MR) is 79.4 cm³/mol. The molecule has 0 aliphatic heterocycles. The van der Waals surface area contributed by atoms with E-state index < -0.39 is 21.0 Å². The van der Waals surface area contributed by atoms with Gasteiger partial charge in [0, 0.05) is 5.56 Å². The first-order chi connectivity index (χ1) is 9.56. The summed E-state index contributed by atoms with van der Waals surface area (Å²) in [7, 11) is -5.70. The van der Waals surface area contributed by atoms with Gasteiger partial charge in [0.25, 0.3) is 0 Å². The molecule has 0 aromatic heterocycles. The van der Waals surface area contributed by atoms with E-state index in [1.165, 1.54) is 6.07 Å². The van der Waals surface area contributed by atoms with Crippen molar-refractivity contribution in [2.45, 2.75) is 57.9 Å². The summed E-state index contributed by atoms with van der Waals surface area (Å²) < 4.78 is 64.7. The Bertz CT molecular complexity index is 648. The van der Waals surface area contributed by atoms with Crippen LogP contribution in [0.15, 0.2) is 18.2 Å². The summed E-state index contributed by atoms with van der Waals surface area (Å²) in [6.45, 7) is 10.9. The maximum Gasteiger partial charge on any atom is 0.534 e. The van der Waals surface area contributed by atoms with E-state index in [9.17, 15) is 21.6 Å². The Morgan fingerprint density at radius 2 is 1.41 bits per heavy atom. The summed E-state index contributed by atoms with van der Waals surface area (Å²) in [6, 6.07) is 4.75. The summed E-state index contributed by atoms with van der Waals surface area (Å²) >= 11 is 0. The molecule has 126 valence electrons. The minimum atomic E-state index is -5.70. The first-order valence-corrected chi connectivity index (χ1v) is 8.12. The van der Waals surface area contributed by atoms with Gasteiger partial charge in [0.05, 0.1) is 0 Å². The first-order valence-electron chi connectivity index (χ1n) is 6.71. The number of halogens is 3. The van der Waals surface area contributed by atoms with Gasteiger partial charge < -0.3 is 4.18 Å². The summed E-state index contributed by atoms with van der Waals surface area (Å²) in [5.74, 6) is -0.280. The number of rotatable bonds is 2. The summed E-state index contributed by atoms with van der Waals surface area (Å²) in [4.78, 5) is 0. The molecule has 0 atom stereocenters. The molecule has 0 N–H and O–H groups in total. The molecule has 0 heterocycles. The van der Waals surface area contributed by atoms with Crippen LogP contribution in [0, 0.1) is 0 Å². The van der Waals surface area contributed by atoms with E-state index >= 15 is 0 Å². The largest absolute Gasteiger partial charge is 0.534 e. The van der Waals surface area contributed by atoms with Crippen molar-refractivity contribution in [3.63, 3.8) is 0 Å². The van der Waals surface area contributed by atoms with Crippen molar-refractivity contribution in [1.82, 2.24) is 0 Å². The molecule has 0 bridgehead atoms. The van der Waals surface area contributed by atoms with E-state index in [1.807, 2.05) is 20.8 Å². The van der Waals surface area contributed by atoms with E-state index in [2.05, 4.69) is 4.18 Å². The zero-order valence-electron chi connectivity index (χ0n) is 13.5. The van der Waals surface area contributed by atoms with Crippen molar-refractivity contribution in [3.8, 4) is 5.75 Å². The fourth-order valence-electron chi connectivity index (χ4n) is 1.84. The third-order valence-corrected chi connectivity index (χ3v) is 4.10. The van der Waals surface area contributed by atoms with Crippen molar-refractivity contribution in [2.24, 2.45) is 0 Å². The van der Waals surface area contributed by atoms with E-state index in [4.69, 9.17) is 0 Å². The lowest BCUT2D eigenvalue weighted by Gasteiger charge is -2.26. The summed E-state index contributed by atoms with van der Waals surface area (Å²) in [5.41, 5.74) is -5.29. The Labute approximate surface area is 129 Å². The maximum atomic E-state index is 12.6. The Morgan fingerprint density at radius 3 is 1.77 bits per heavy atom. The highest BCUT2D eigenvalue weighted by Gasteiger charge is 2.49. The second-order valence-corrected chi connectivity index (χ2v) is 8.73. The number of hydrogen-bond donors (Lipinski definition) is 0. The van der Waals surface area contributed by atoms with Crippen LogP contribution in [0.3, 0.4) is 0 Å². The highest BCUT2D eigenvalue weighted by atomic mass is 32.2. The Hall–Kier alpha value is -1.24. The van der Waals surface area contributed by atoms with Gasteiger partial charge in [-0.05, 0) is 22.5 Å². The average Bonchev–Trinajstić information content (AvgIpc) is 2.23. The van der Waals surface area contributed by atoms with Gasteiger partial charge in [-0.25, -0.2) is 0 Å². The summed E-state index contributed by atoms with van der Waals surface area (Å²) in [6.07, 6.45) is 0. The van der Waals surface area contributed by atoms with E-state index in [0.29, 0.717) is 11.1 Å². The van der Waals surface area contributed by atoms with Gasteiger partial charge in [0.15, 0.2) is 0 Å². The molecule has 0 fully saturated rings. The fourth-order valence-corrected chi connectivity index (χ4v) is 2.31. The van der Waals surface area contributed by atoms with Gasteiger partial charge in [-0.2, -0.15) is 21.6 Å². The number of alkyl halides is 3. The third-order valence-electron chi connectivity index (χ3n) is 3.14. The quantitative estimate of drug-likeness (QED) is 0.588. The molecule has 0 aliphatic rings. The smallest absolute Gasteiger partial charge is 0.376 e. The number of benzene rings is 1. The normalized spacial score (nSPS) is 14.0. The average molecular weight is 338 g/mol. The SMILES string of the molecule is CC(C)(C)c1ccc(C(C)(C)C)c(OS(=O)(=O)C(F)(F)F)c1. The summed E-state index contributed by atoms with van der Waals surface area (Å²) in [5, 5.41) is 0. The minimum absolute atomic E-state index is 0.280. The molecular weight excluding hydrogens is 317 g/mol. The van der Waals surface area contributed by atoms with E-state index in [0.717, 1.165) is 0 Å². The lowest BCUT2D eigenvalue weighted by Crippen LogP contribution is -2.29. The third kappa shape index (κ3) is 4.15. The predicted octanol–water partition coefficient (Wildman–Crippen LogP) is 4.51. The van der Waals surface area contributed by atoms with Crippen LogP contribution in [0.5, 0.6) is 5.75 Å². The van der Waals surface area contributed by atoms with Crippen LogP contribution in [-0.4, -0.2) is 13.9 Å². The van der Waals surface area contributed by atoms with Crippen LogP contribution in [0.4, 0.5) is 13.2 Å². The van der Waals surface area contributed by atoms with Gasteiger partial charge in [-0.15, -0.1) is 0 Å². The van der Waals surface area contributed by atoms with Gasteiger partial charge in [0.2, 0.25) is 0 Å². The van der Waals surface area contributed by atoms with Crippen molar-refractivity contribution in [3.05, 3.63) is 29.3 Å². The molecule has 0 spiro atoms. The molecule has 0 amide bonds. The van der Waals surface area contributed by atoms with Crippen LogP contribution in [0.1, 0.15) is 52.7 Å². The minimum Gasteiger partial charge on any atom is -0.376 e. The zero-order valence-corrected chi connectivity index (χ0v) is 14.3. The standard InChI is InChI=1S/C15H21F3O3S/c1-13(2,3)10-7-8-11(14(4,5)6)12(9-10)21-22(19,20)15(16,17)18/h7-9H,1-6H3. The highest BCUT2D eigenvalue weighted by molar-refractivity contribution is 7.88. The Balaban J connectivity index is 3.49. The van der Waals surface area contributed by atoms with Crippen LogP contribution in [-0.2, 0) is 20.9 Å². The molecule has 1 rings (SSSR count). The van der Waals surface area contributed by atoms with E-state index in [1.54, 1.807) is 32.9 Å². The Kier molecular flexibility index (Phi) is 4.65. The van der Waals surface area contributed by atoms with Crippen molar-refractivity contribution < 1.29 is 25.8 Å². The molecule has 1 aromatic rings. The van der Waals surface area contributed by atoms with Crippen molar-refractivity contribution >= 4 is 10.1 Å². The van der Waals surface area contributed by atoms with Crippen LogP contribution < -0.4 is 4.18 Å². The molecule has 0 saturated heterocycles. The Morgan fingerprint density at radius 1 is 0.909 bits per heavy atom. The molecule has 1 aromatic carbocycles. The van der Waals surface area contributed by atoms with Crippen LogP contribution in [0.25, 0.3) is 0 Å². The molecule has 0 radical (unpaired) electrons. The molecular formula is C15H21F3O3S. The lowest BCUT2D eigenvalue weighted by atomic mass is 9.81. The number of hydrogen-bond acceptors (Lipinski definition) is 3. The fraction of sp³-hybridized carbons (Fsp3) is 0.600. The monoisotopic (exact) mass is 338 g/mol.